The van der Waals surface area contributed by atoms with Gasteiger partial charge in [0.1, 0.15) is 5.82 Å². The van der Waals surface area contributed by atoms with Crippen molar-refractivity contribution in [2.24, 2.45) is 5.73 Å². The van der Waals surface area contributed by atoms with Crippen LogP contribution < -0.4 is 5.73 Å². The zero-order chi connectivity index (χ0) is 13.3. The van der Waals surface area contributed by atoms with Gasteiger partial charge in [-0.05, 0) is 27.9 Å². The first-order valence-electron chi connectivity index (χ1n) is 6.47. The average Bonchev–Trinajstić information content (AvgIpc) is 2.31. The summed E-state index contributed by atoms with van der Waals surface area (Å²) in [5.41, 5.74) is 7.92. The molecule has 1 fully saturated rings. The molecule has 1 aromatic rings. The lowest BCUT2D eigenvalue weighted by Crippen LogP contribution is -2.45. The van der Waals surface area contributed by atoms with Crippen LogP contribution in [0.4, 0.5) is 0 Å². The van der Waals surface area contributed by atoms with Gasteiger partial charge in [0.25, 0.3) is 0 Å². The molecule has 1 unspecified atom stereocenters. The Kier molecular flexibility index (Phi) is 3.94. The van der Waals surface area contributed by atoms with Crippen molar-refractivity contribution in [2.45, 2.75) is 25.9 Å². The van der Waals surface area contributed by atoms with E-state index in [2.05, 4.69) is 33.9 Å². The van der Waals surface area contributed by atoms with Crippen LogP contribution >= 0.6 is 0 Å². The van der Waals surface area contributed by atoms with Gasteiger partial charge in [-0.3, -0.25) is 4.90 Å². The number of hydrogen-bond acceptors (Lipinski definition) is 5. The normalized spacial score (nSPS) is 24.2. The van der Waals surface area contributed by atoms with E-state index in [1.807, 2.05) is 20.0 Å². The van der Waals surface area contributed by atoms with Gasteiger partial charge in [-0.1, -0.05) is 0 Å². The summed E-state index contributed by atoms with van der Waals surface area (Å²) in [6.45, 7) is 7.11. The number of nitrogens with two attached hydrogens (primary N) is 1. The van der Waals surface area contributed by atoms with E-state index in [1.165, 1.54) is 0 Å². The second-order valence-corrected chi connectivity index (χ2v) is 5.32. The predicted octanol–water partition coefficient (Wildman–Crippen LogP) is 0.723. The molecule has 2 heterocycles. The third-order valence-electron chi connectivity index (χ3n) is 3.68. The Bertz CT molecular complexity index is 418. The van der Waals surface area contributed by atoms with Crippen LogP contribution in [0.5, 0.6) is 0 Å². The lowest BCUT2D eigenvalue weighted by atomic mass is 10.1. The largest absolute Gasteiger partial charge is 0.324 e. The highest BCUT2D eigenvalue weighted by atomic mass is 15.3. The quantitative estimate of drug-likeness (QED) is 0.837. The fraction of sp³-hybridized carbons (Fsp3) is 0.692. The predicted molar refractivity (Wildman–Crippen MR) is 72.2 cm³/mol. The van der Waals surface area contributed by atoms with E-state index >= 15 is 0 Å². The molecular weight excluding hydrogens is 226 g/mol. The molecule has 1 saturated heterocycles. The fourth-order valence-corrected chi connectivity index (χ4v) is 2.39. The Balaban J connectivity index is 2.25. The fourth-order valence-electron chi connectivity index (χ4n) is 2.39. The Hall–Kier alpha value is -1.04. The third kappa shape index (κ3) is 2.68. The Labute approximate surface area is 109 Å². The summed E-state index contributed by atoms with van der Waals surface area (Å²) < 4.78 is 0. The highest BCUT2D eigenvalue weighted by Gasteiger charge is 2.26. The van der Waals surface area contributed by atoms with E-state index in [-0.39, 0.29) is 12.1 Å². The maximum Gasteiger partial charge on any atom is 0.146 e. The smallest absolute Gasteiger partial charge is 0.146 e. The van der Waals surface area contributed by atoms with Crippen LogP contribution in [0.15, 0.2) is 6.20 Å². The van der Waals surface area contributed by atoms with Gasteiger partial charge in [0.15, 0.2) is 0 Å². The highest BCUT2D eigenvalue weighted by molar-refractivity contribution is 5.20. The second kappa shape index (κ2) is 5.30. The SMILES string of the molecule is Cc1nc(C2CN(C)CCN2C)ncc1[C@H](C)N. The van der Waals surface area contributed by atoms with Gasteiger partial charge in [0, 0.05) is 43.1 Å². The summed E-state index contributed by atoms with van der Waals surface area (Å²) in [7, 11) is 4.28. The molecule has 1 aliphatic rings. The molecule has 2 rings (SSSR count). The summed E-state index contributed by atoms with van der Waals surface area (Å²) in [6.07, 6.45) is 1.88. The molecule has 1 aliphatic heterocycles. The molecule has 0 radical (unpaired) electrons. The van der Waals surface area contributed by atoms with Crippen LogP contribution in [-0.2, 0) is 0 Å². The van der Waals surface area contributed by atoms with Crippen LogP contribution in [0.3, 0.4) is 0 Å². The third-order valence-corrected chi connectivity index (χ3v) is 3.68. The monoisotopic (exact) mass is 249 g/mol. The minimum atomic E-state index is -0.00851. The van der Waals surface area contributed by atoms with Crippen LogP contribution in [0, 0.1) is 6.92 Å². The first-order valence-corrected chi connectivity index (χ1v) is 6.47. The van der Waals surface area contributed by atoms with Crippen molar-refractivity contribution < 1.29 is 0 Å². The molecule has 1 aromatic heterocycles. The van der Waals surface area contributed by atoms with Crippen molar-refractivity contribution in [1.29, 1.82) is 0 Å². The number of piperazine rings is 1. The van der Waals surface area contributed by atoms with Crippen molar-refractivity contribution in [1.82, 2.24) is 19.8 Å². The van der Waals surface area contributed by atoms with Gasteiger partial charge in [0.2, 0.25) is 0 Å². The molecule has 2 atom stereocenters. The highest BCUT2D eigenvalue weighted by Crippen LogP contribution is 2.22. The summed E-state index contributed by atoms with van der Waals surface area (Å²) in [6, 6.07) is 0.274. The number of hydrogen-bond donors (Lipinski definition) is 1. The molecule has 0 saturated carbocycles. The van der Waals surface area contributed by atoms with Crippen molar-refractivity contribution >= 4 is 0 Å². The maximum atomic E-state index is 5.89. The van der Waals surface area contributed by atoms with Crippen molar-refractivity contribution in [3.05, 3.63) is 23.3 Å². The van der Waals surface area contributed by atoms with Gasteiger partial charge in [-0.25, -0.2) is 9.97 Å². The van der Waals surface area contributed by atoms with E-state index in [4.69, 9.17) is 5.73 Å². The molecule has 18 heavy (non-hydrogen) atoms. The van der Waals surface area contributed by atoms with Gasteiger partial charge in [-0.2, -0.15) is 0 Å². The van der Waals surface area contributed by atoms with E-state index < -0.39 is 0 Å². The van der Waals surface area contributed by atoms with E-state index in [9.17, 15) is 0 Å². The minimum Gasteiger partial charge on any atom is -0.324 e. The number of rotatable bonds is 2. The molecular formula is C13H23N5. The Morgan fingerprint density at radius 3 is 2.72 bits per heavy atom. The number of aromatic nitrogens is 2. The lowest BCUT2D eigenvalue weighted by Gasteiger charge is -2.36. The molecule has 0 spiro atoms. The van der Waals surface area contributed by atoms with Gasteiger partial charge in [0.05, 0.1) is 6.04 Å². The molecule has 2 N–H and O–H groups in total. The number of likely N-dealkylation sites (N-methyl/N-ethyl adjacent to an activating group) is 2. The van der Waals surface area contributed by atoms with Gasteiger partial charge >= 0.3 is 0 Å². The molecule has 0 aromatic carbocycles. The Morgan fingerprint density at radius 2 is 2.11 bits per heavy atom. The zero-order valence-electron chi connectivity index (χ0n) is 11.7. The van der Waals surface area contributed by atoms with Crippen LogP contribution in [0.25, 0.3) is 0 Å². The first kappa shape index (κ1) is 13.4. The van der Waals surface area contributed by atoms with Crippen LogP contribution in [0.2, 0.25) is 0 Å². The molecule has 100 valence electrons. The van der Waals surface area contributed by atoms with E-state index in [0.29, 0.717) is 0 Å². The Morgan fingerprint density at radius 1 is 1.39 bits per heavy atom. The topological polar surface area (TPSA) is 58.3 Å². The summed E-state index contributed by atoms with van der Waals surface area (Å²) >= 11 is 0. The molecule has 0 amide bonds. The van der Waals surface area contributed by atoms with Gasteiger partial charge < -0.3 is 10.6 Å². The molecule has 5 heteroatoms. The standard InChI is InChI=1S/C13H23N5/c1-9(14)11-7-15-13(16-10(11)2)12-8-17(3)5-6-18(12)4/h7,9,12H,5-6,8,14H2,1-4H3/t9-,12?/m0/s1. The zero-order valence-corrected chi connectivity index (χ0v) is 11.7. The van der Waals surface area contributed by atoms with Crippen LogP contribution in [0.1, 0.15) is 36.1 Å². The summed E-state index contributed by atoms with van der Waals surface area (Å²) in [5, 5.41) is 0. The van der Waals surface area contributed by atoms with Crippen LogP contribution in [-0.4, -0.2) is 53.5 Å². The summed E-state index contributed by atoms with van der Waals surface area (Å²) in [4.78, 5) is 13.8. The van der Waals surface area contributed by atoms with E-state index in [0.717, 1.165) is 36.7 Å². The molecule has 5 nitrogen and oxygen atoms in total. The first-order chi connectivity index (χ1) is 8.49. The number of nitrogens with zero attached hydrogens (tertiary/aromatic N) is 4. The molecule has 0 bridgehead atoms. The lowest BCUT2D eigenvalue weighted by molar-refractivity contribution is 0.109. The van der Waals surface area contributed by atoms with Gasteiger partial charge in [-0.15, -0.1) is 0 Å². The average molecular weight is 249 g/mol. The maximum absolute atomic E-state index is 5.89. The molecule has 0 aliphatic carbocycles. The summed E-state index contributed by atoms with van der Waals surface area (Å²) in [5.74, 6) is 0.908. The van der Waals surface area contributed by atoms with Crippen molar-refractivity contribution in [3.63, 3.8) is 0 Å². The van der Waals surface area contributed by atoms with Crippen molar-refractivity contribution in [2.75, 3.05) is 33.7 Å². The second-order valence-electron chi connectivity index (χ2n) is 5.32. The minimum absolute atomic E-state index is 0.00851. The number of aryl methyl sites for hydroxylation is 1. The van der Waals surface area contributed by atoms with E-state index in [1.54, 1.807) is 0 Å². The van der Waals surface area contributed by atoms with Crippen molar-refractivity contribution in [3.8, 4) is 0 Å².